The topological polar surface area (TPSA) is 51.7 Å². The molecular formula is C15H23ClN2O3. The number of amides is 1. The number of carbonyl (C=O) groups is 1. The van der Waals surface area contributed by atoms with Crippen molar-refractivity contribution in [1.29, 1.82) is 0 Å². The van der Waals surface area contributed by atoms with E-state index in [9.17, 15) is 4.79 Å². The van der Waals surface area contributed by atoms with Gasteiger partial charge in [0.25, 0.3) is 0 Å². The maximum absolute atomic E-state index is 11.7. The van der Waals surface area contributed by atoms with Crippen LogP contribution < -0.4 is 0 Å². The van der Waals surface area contributed by atoms with Gasteiger partial charge >= 0.3 is 6.09 Å². The summed E-state index contributed by atoms with van der Waals surface area (Å²) in [5.74, 6) is 0. The third-order valence-corrected chi connectivity index (χ3v) is 2.77. The van der Waals surface area contributed by atoms with Gasteiger partial charge in [0.15, 0.2) is 0 Å². The number of pyridine rings is 1. The zero-order valence-corrected chi connectivity index (χ0v) is 13.8. The minimum absolute atomic E-state index is 0.315. The van der Waals surface area contributed by atoms with Gasteiger partial charge in [0, 0.05) is 26.4 Å². The Morgan fingerprint density at radius 2 is 2.10 bits per heavy atom. The third-order valence-electron chi connectivity index (χ3n) is 2.54. The van der Waals surface area contributed by atoms with Crippen LogP contribution in [0.2, 0.25) is 5.15 Å². The molecule has 0 saturated heterocycles. The largest absolute Gasteiger partial charge is 0.444 e. The van der Waals surface area contributed by atoms with E-state index >= 15 is 0 Å². The van der Waals surface area contributed by atoms with Crippen molar-refractivity contribution in [1.82, 2.24) is 9.88 Å². The Kier molecular flexibility index (Phi) is 6.92. The fourth-order valence-electron chi connectivity index (χ4n) is 1.52. The maximum Gasteiger partial charge on any atom is 0.410 e. The summed E-state index contributed by atoms with van der Waals surface area (Å²) in [6, 6.07) is 3.61. The van der Waals surface area contributed by atoms with Gasteiger partial charge < -0.3 is 14.4 Å². The van der Waals surface area contributed by atoms with Crippen LogP contribution in [0.5, 0.6) is 0 Å². The molecule has 0 bridgehead atoms. The Morgan fingerprint density at radius 3 is 2.67 bits per heavy atom. The summed E-state index contributed by atoms with van der Waals surface area (Å²) in [6.45, 7) is 7.19. The van der Waals surface area contributed by atoms with E-state index in [1.165, 1.54) is 0 Å². The highest BCUT2D eigenvalue weighted by Crippen LogP contribution is 2.09. The molecular weight excluding hydrogens is 292 g/mol. The van der Waals surface area contributed by atoms with Crippen molar-refractivity contribution in [3.05, 3.63) is 29.0 Å². The van der Waals surface area contributed by atoms with Crippen molar-refractivity contribution in [3.8, 4) is 0 Å². The van der Waals surface area contributed by atoms with Crippen molar-refractivity contribution >= 4 is 17.7 Å². The molecule has 0 atom stereocenters. The molecule has 0 spiro atoms. The van der Waals surface area contributed by atoms with Crippen LogP contribution in [0.4, 0.5) is 4.79 Å². The van der Waals surface area contributed by atoms with E-state index in [-0.39, 0.29) is 6.09 Å². The normalized spacial score (nSPS) is 11.3. The van der Waals surface area contributed by atoms with Gasteiger partial charge in [-0.2, -0.15) is 0 Å². The van der Waals surface area contributed by atoms with Crippen LogP contribution in [0.1, 0.15) is 32.8 Å². The van der Waals surface area contributed by atoms with Gasteiger partial charge in [0.2, 0.25) is 0 Å². The minimum atomic E-state index is -0.469. The monoisotopic (exact) mass is 314 g/mol. The SMILES string of the molecule is CN(CCCOCc1ccc(Cl)nc1)C(=O)OC(C)(C)C. The molecule has 0 N–H and O–H groups in total. The first-order chi connectivity index (χ1) is 9.78. The molecule has 1 rings (SSSR count). The van der Waals surface area contributed by atoms with Crippen molar-refractivity contribution < 1.29 is 14.3 Å². The summed E-state index contributed by atoms with van der Waals surface area (Å²) in [5, 5.41) is 0.470. The lowest BCUT2D eigenvalue weighted by Gasteiger charge is -2.24. The quantitative estimate of drug-likeness (QED) is 0.595. The van der Waals surface area contributed by atoms with Crippen LogP contribution in [0.15, 0.2) is 18.3 Å². The summed E-state index contributed by atoms with van der Waals surface area (Å²) in [6.07, 6.45) is 2.12. The molecule has 0 saturated carbocycles. The summed E-state index contributed by atoms with van der Waals surface area (Å²) >= 11 is 5.70. The second-order valence-corrected chi connectivity index (χ2v) is 6.18. The number of hydrogen-bond acceptors (Lipinski definition) is 4. The van der Waals surface area contributed by atoms with Crippen molar-refractivity contribution in [2.24, 2.45) is 0 Å². The van der Waals surface area contributed by atoms with Crippen LogP contribution in [0.25, 0.3) is 0 Å². The summed E-state index contributed by atoms with van der Waals surface area (Å²) in [7, 11) is 1.72. The van der Waals surface area contributed by atoms with Gasteiger partial charge in [0.05, 0.1) is 6.61 Å². The van der Waals surface area contributed by atoms with E-state index in [1.807, 2.05) is 26.8 Å². The Morgan fingerprint density at radius 1 is 1.38 bits per heavy atom. The number of nitrogens with zero attached hydrogens (tertiary/aromatic N) is 2. The molecule has 0 aliphatic heterocycles. The van der Waals surface area contributed by atoms with Crippen molar-refractivity contribution in [3.63, 3.8) is 0 Å². The molecule has 1 aromatic heterocycles. The van der Waals surface area contributed by atoms with E-state index in [4.69, 9.17) is 21.1 Å². The van der Waals surface area contributed by atoms with E-state index in [0.717, 1.165) is 12.0 Å². The molecule has 6 heteroatoms. The van der Waals surface area contributed by atoms with E-state index in [1.54, 1.807) is 24.2 Å². The number of hydrogen-bond donors (Lipinski definition) is 0. The lowest BCUT2D eigenvalue weighted by molar-refractivity contribution is 0.0276. The molecule has 0 aromatic carbocycles. The third kappa shape index (κ3) is 7.87. The fourth-order valence-corrected chi connectivity index (χ4v) is 1.63. The van der Waals surface area contributed by atoms with Gasteiger partial charge in [-0.3, -0.25) is 0 Å². The van der Waals surface area contributed by atoms with Crippen LogP contribution >= 0.6 is 11.6 Å². The summed E-state index contributed by atoms with van der Waals surface area (Å²) in [4.78, 5) is 17.3. The van der Waals surface area contributed by atoms with Crippen molar-refractivity contribution in [2.75, 3.05) is 20.2 Å². The molecule has 0 radical (unpaired) electrons. The van der Waals surface area contributed by atoms with Crippen LogP contribution in [0.3, 0.4) is 0 Å². The number of carbonyl (C=O) groups excluding carboxylic acids is 1. The Balaban J connectivity index is 2.16. The highest BCUT2D eigenvalue weighted by Gasteiger charge is 2.18. The van der Waals surface area contributed by atoms with Crippen molar-refractivity contribution in [2.45, 2.75) is 39.4 Å². The number of halogens is 1. The average Bonchev–Trinajstić information content (AvgIpc) is 2.38. The molecule has 0 aliphatic rings. The van der Waals surface area contributed by atoms with Gasteiger partial charge in [-0.05, 0) is 38.8 Å². The number of ether oxygens (including phenoxy) is 2. The molecule has 0 unspecified atom stereocenters. The predicted octanol–water partition coefficient (Wildman–Crippen LogP) is 3.51. The van der Waals surface area contributed by atoms with Gasteiger partial charge in [-0.25, -0.2) is 9.78 Å². The summed E-state index contributed by atoms with van der Waals surface area (Å²) < 4.78 is 10.8. The second kappa shape index (κ2) is 8.20. The van der Waals surface area contributed by atoms with E-state index in [2.05, 4.69) is 4.98 Å². The van der Waals surface area contributed by atoms with E-state index < -0.39 is 5.60 Å². The zero-order chi connectivity index (χ0) is 15.9. The standard InChI is InChI=1S/C15H23ClN2O3/c1-15(2,3)21-14(19)18(4)8-5-9-20-11-12-6-7-13(16)17-10-12/h6-7,10H,5,8-9,11H2,1-4H3. The molecule has 1 aromatic rings. The minimum Gasteiger partial charge on any atom is -0.444 e. The molecule has 0 fully saturated rings. The number of rotatable bonds is 6. The van der Waals surface area contributed by atoms with Gasteiger partial charge in [0.1, 0.15) is 10.8 Å². The highest BCUT2D eigenvalue weighted by atomic mass is 35.5. The summed E-state index contributed by atoms with van der Waals surface area (Å²) in [5.41, 5.74) is 0.503. The molecule has 1 heterocycles. The van der Waals surface area contributed by atoms with Crippen LogP contribution in [0, 0.1) is 0 Å². The van der Waals surface area contributed by atoms with E-state index in [0.29, 0.717) is 24.9 Å². The smallest absolute Gasteiger partial charge is 0.410 e. The Labute approximate surface area is 131 Å². The first kappa shape index (κ1) is 17.7. The van der Waals surface area contributed by atoms with Crippen LogP contribution in [-0.2, 0) is 16.1 Å². The number of aromatic nitrogens is 1. The van der Waals surface area contributed by atoms with Gasteiger partial charge in [-0.1, -0.05) is 17.7 Å². The van der Waals surface area contributed by atoms with Gasteiger partial charge in [-0.15, -0.1) is 0 Å². The highest BCUT2D eigenvalue weighted by molar-refractivity contribution is 6.29. The first-order valence-corrected chi connectivity index (χ1v) is 7.28. The molecule has 5 nitrogen and oxygen atoms in total. The predicted molar refractivity (Wildman–Crippen MR) is 82.4 cm³/mol. The zero-order valence-electron chi connectivity index (χ0n) is 13.1. The molecule has 1 amide bonds. The lowest BCUT2D eigenvalue weighted by Crippen LogP contribution is -2.35. The first-order valence-electron chi connectivity index (χ1n) is 6.90. The second-order valence-electron chi connectivity index (χ2n) is 5.80. The molecule has 0 aliphatic carbocycles. The maximum atomic E-state index is 11.7. The Hall–Kier alpha value is -1.33. The fraction of sp³-hybridized carbons (Fsp3) is 0.600. The van der Waals surface area contributed by atoms with Crippen LogP contribution in [-0.4, -0.2) is 41.8 Å². The molecule has 118 valence electrons. The lowest BCUT2D eigenvalue weighted by atomic mass is 10.2. The Bertz CT molecular complexity index is 443. The average molecular weight is 315 g/mol. The molecule has 21 heavy (non-hydrogen) atoms.